The lowest BCUT2D eigenvalue weighted by Crippen LogP contribution is -2.19. The van der Waals surface area contributed by atoms with Crippen LogP contribution in [-0.2, 0) is 5.54 Å². The zero-order chi connectivity index (χ0) is 11.6. The van der Waals surface area contributed by atoms with E-state index in [0.29, 0.717) is 5.84 Å². The minimum Gasteiger partial charge on any atom is -0.508 e. The standard InChI is InChI=1S/C11H15BrN2O/c1-7(13)14-11(2,3)9-6-8(12)4-5-10(9)15/h4-6,15H,1-3H3,(H2,13,14). The fourth-order valence-corrected chi connectivity index (χ4v) is 1.86. The number of aliphatic imine (C=N–C) groups is 1. The number of hydrogen-bond donors (Lipinski definition) is 2. The van der Waals surface area contributed by atoms with E-state index in [4.69, 9.17) is 5.73 Å². The van der Waals surface area contributed by atoms with E-state index in [-0.39, 0.29) is 5.75 Å². The van der Waals surface area contributed by atoms with Gasteiger partial charge in [0, 0.05) is 10.0 Å². The van der Waals surface area contributed by atoms with Gasteiger partial charge in [-0.05, 0) is 39.0 Å². The zero-order valence-electron chi connectivity index (χ0n) is 9.08. The van der Waals surface area contributed by atoms with Crippen LogP contribution < -0.4 is 5.73 Å². The molecule has 0 fully saturated rings. The first-order valence-electron chi connectivity index (χ1n) is 4.64. The van der Waals surface area contributed by atoms with Crippen molar-refractivity contribution in [3.05, 3.63) is 28.2 Å². The topological polar surface area (TPSA) is 58.6 Å². The molecule has 0 aliphatic carbocycles. The SMILES string of the molecule is CC(N)=NC(C)(C)c1cc(Br)ccc1O. The smallest absolute Gasteiger partial charge is 0.121 e. The van der Waals surface area contributed by atoms with Crippen LogP contribution in [0.3, 0.4) is 0 Å². The fraction of sp³-hybridized carbons (Fsp3) is 0.364. The van der Waals surface area contributed by atoms with Gasteiger partial charge in [0.25, 0.3) is 0 Å². The van der Waals surface area contributed by atoms with E-state index < -0.39 is 5.54 Å². The summed E-state index contributed by atoms with van der Waals surface area (Å²) in [5.74, 6) is 0.729. The first-order valence-corrected chi connectivity index (χ1v) is 5.43. The maximum absolute atomic E-state index is 9.75. The number of rotatable bonds is 2. The Morgan fingerprint density at radius 2 is 2.07 bits per heavy atom. The molecule has 0 aromatic heterocycles. The van der Waals surface area contributed by atoms with Gasteiger partial charge in [-0.2, -0.15) is 0 Å². The number of phenols is 1. The summed E-state index contributed by atoms with van der Waals surface area (Å²) >= 11 is 3.36. The quantitative estimate of drug-likeness (QED) is 0.641. The third-order valence-corrected chi connectivity index (χ3v) is 2.57. The lowest BCUT2D eigenvalue weighted by molar-refractivity contribution is 0.441. The molecule has 15 heavy (non-hydrogen) atoms. The Morgan fingerprint density at radius 3 is 2.60 bits per heavy atom. The monoisotopic (exact) mass is 270 g/mol. The highest BCUT2D eigenvalue weighted by Crippen LogP contribution is 2.34. The van der Waals surface area contributed by atoms with Crippen LogP contribution in [0.2, 0.25) is 0 Å². The normalized spacial score (nSPS) is 12.9. The molecule has 3 nitrogen and oxygen atoms in total. The number of hydrogen-bond acceptors (Lipinski definition) is 2. The third kappa shape index (κ3) is 2.96. The van der Waals surface area contributed by atoms with Crippen LogP contribution in [0, 0.1) is 0 Å². The second-order valence-electron chi connectivity index (χ2n) is 3.97. The van der Waals surface area contributed by atoms with Crippen LogP contribution in [0.5, 0.6) is 5.75 Å². The average Bonchev–Trinajstić information content (AvgIpc) is 2.06. The van der Waals surface area contributed by atoms with E-state index in [1.54, 1.807) is 19.1 Å². The van der Waals surface area contributed by atoms with Crippen molar-refractivity contribution in [3.63, 3.8) is 0 Å². The fourth-order valence-electron chi connectivity index (χ4n) is 1.50. The second kappa shape index (κ2) is 4.23. The summed E-state index contributed by atoms with van der Waals surface area (Å²) in [6.45, 7) is 5.55. The molecule has 4 heteroatoms. The minimum absolute atomic E-state index is 0.230. The number of phenolic OH excluding ortho intramolecular Hbond substituents is 1. The Bertz CT molecular complexity index is 396. The van der Waals surface area contributed by atoms with E-state index in [1.807, 2.05) is 19.9 Å². The highest BCUT2D eigenvalue weighted by atomic mass is 79.9. The maximum atomic E-state index is 9.75. The van der Waals surface area contributed by atoms with E-state index in [1.165, 1.54) is 0 Å². The van der Waals surface area contributed by atoms with Gasteiger partial charge >= 0.3 is 0 Å². The van der Waals surface area contributed by atoms with Crippen molar-refractivity contribution in [2.45, 2.75) is 26.3 Å². The molecule has 1 rings (SSSR count). The van der Waals surface area contributed by atoms with Gasteiger partial charge in [0.15, 0.2) is 0 Å². The molecule has 0 bridgehead atoms. The molecule has 0 spiro atoms. The van der Waals surface area contributed by atoms with E-state index in [9.17, 15) is 5.11 Å². The lowest BCUT2D eigenvalue weighted by atomic mass is 9.94. The number of amidine groups is 1. The van der Waals surface area contributed by atoms with Crippen molar-refractivity contribution < 1.29 is 5.11 Å². The molecule has 0 unspecified atom stereocenters. The van der Waals surface area contributed by atoms with E-state index in [2.05, 4.69) is 20.9 Å². The highest BCUT2D eigenvalue weighted by Gasteiger charge is 2.23. The summed E-state index contributed by atoms with van der Waals surface area (Å²) in [5.41, 5.74) is 5.79. The summed E-state index contributed by atoms with van der Waals surface area (Å²) in [6, 6.07) is 5.28. The highest BCUT2D eigenvalue weighted by molar-refractivity contribution is 9.10. The Kier molecular flexibility index (Phi) is 3.39. The summed E-state index contributed by atoms with van der Waals surface area (Å²) < 4.78 is 0.910. The zero-order valence-corrected chi connectivity index (χ0v) is 10.7. The molecule has 0 amide bonds. The van der Waals surface area contributed by atoms with Crippen LogP contribution in [0.1, 0.15) is 26.3 Å². The molecule has 0 saturated heterocycles. The van der Waals surface area contributed by atoms with Gasteiger partial charge in [0.2, 0.25) is 0 Å². The van der Waals surface area contributed by atoms with Crippen molar-refractivity contribution in [2.24, 2.45) is 10.7 Å². The molecule has 0 atom stereocenters. The Hall–Kier alpha value is -1.03. The van der Waals surface area contributed by atoms with Crippen LogP contribution in [0.25, 0.3) is 0 Å². The van der Waals surface area contributed by atoms with E-state index in [0.717, 1.165) is 10.0 Å². The number of nitrogens with zero attached hydrogens (tertiary/aromatic N) is 1. The van der Waals surface area contributed by atoms with Gasteiger partial charge in [-0.3, -0.25) is 4.99 Å². The second-order valence-corrected chi connectivity index (χ2v) is 4.89. The third-order valence-electron chi connectivity index (χ3n) is 2.07. The molecule has 0 radical (unpaired) electrons. The molecular weight excluding hydrogens is 256 g/mol. The first kappa shape index (κ1) is 12.0. The molecule has 0 saturated carbocycles. The lowest BCUT2D eigenvalue weighted by Gasteiger charge is -2.22. The van der Waals surface area contributed by atoms with E-state index >= 15 is 0 Å². The predicted octanol–water partition coefficient (Wildman–Crippen LogP) is 2.77. The summed E-state index contributed by atoms with van der Waals surface area (Å²) in [4.78, 5) is 4.30. The van der Waals surface area contributed by atoms with Gasteiger partial charge in [-0.15, -0.1) is 0 Å². The largest absolute Gasteiger partial charge is 0.508 e. The van der Waals surface area contributed by atoms with Crippen molar-refractivity contribution in [1.29, 1.82) is 0 Å². The molecule has 0 aliphatic heterocycles. The molecule has 1 aromatic rings. The molecular formula is C11H15BrN2O. The number of nitrogens with two attached hydrogens (primary N) is 1. The first-order chi connectivity index (χ1) is 6.83. The predicted molar refractivity (Wildman–Crippen MR) is 66.1 cm³/mol. The van der Waals surface area contributed by atoms with Gasteiger partial charge in [0.05, 0.1) is 11.4 Å². The molecule has 0 heterocycles. The Balaban J connectivity index is 3.25. The van der Waals surface area contributed by atoms with Gasteiger partial charge in [0.1, 0.15) is 5.75 Å². The van der Waals surface area contributed by atoms with Crippen LogP contribution >= 0.6 is 15.9 Å². The Morgan fingerprint density at radius 1 is 1.47 bits per heavy atom. The van der Waals surface area contributed by atoms with Crippen LogP contribution in [-0.4, -0.2) is 10.9 Å². The van der Waals surface area contributed by atoms with Gasteiger partial charge in [-0.1, -0.05) is 15.9 Å². The number of halogens is 1. The van der Waals surface area contributed by atoms with Gasteiger partial charge in [-0.25, -0.2) is 0 Å². The molecule has 82 valence electrons. The maximum Gasteiger partial charge on any atom is 0.121 e. The van der Waals surface area contributed by atoms with Crippen molar-refractivity contribution in [2.75, 3.05) is 0 Å². The van der Waals surface area contributed by atoms with Crippen LogP contribution in [0.15, 0.2) is 27.7 Å². The number of aromatic hydroxyl groups is 1. The molecule has 1 aromatic carbocycles. The van der Waals surface area contributed by atoms with Crippen molar-refractivity contribution >= 4 is 21.8 Å². The summed E-state index contributed by atoms with van der Waals surface area (Å²) in [6.07, 6.45) is 0. The summed E-state index contributed by atoms with van der Waals surface area (Å²) in [7, 11) is 0. The van der Waals surface area contributed by atoms with Crippen molar-refractivity contribution in [1.82, 2.24) is 0 Å². The number of benzene rings is 1. The summed E-state index contributed by atoms with van der Waals surface area (Å²) in [5, 5.41) is 9.75. The average molecular weight is 271 g/mol. The van der Waals surface area contributed by atoms with Gasteiger partial charge < -0.3 is 10.8 Å². The van der Waals surface area contributed by atoms with Crippen molar-refractivity contribution in [3.8, 4) is 5.75 Å². The molecule has 3 N–H and O–H groups in total. The molecule has 0 aliphatic rings. The Labute approximate surface area is 98.2 Å². The minimum atomic E-state index is -0.521. The van der Waals surface area contributed by atoms with Crippen LogP contribution in [0.4, 0.5) is 0 Å².